The summed E-state index contributed by atoms with van der Waals surface area (Å²) < 4.78 is 22.9. The van der Waals surface area contributed by atoms with Crippen LogP contribution in [0.15, 0.2) is 47.4 Å². The van der Waals surface area contributed by atoms with Crippen molar-refractivity contribution >= 4 is 58.1 Å². The summed E-state index contributed by atoms with van der Waals surface area (Å²) in [6, 6.07) is 8.84. The molecule has 0 bridgehead atoms. The topological polar surface area (TPSA) is 102 Å². The molecule has 2 aromatic rings. The van der Waals surface area contributed by atoms with Crippen molar-refractivity contribution in [2.24, 2.45) is 0 Å². The predicted octanol–water partition coefficient (Wildman–Crippen LogP) is 4.09. The smallest absolute Gasteiger partial charge is 0.328 e. The van der Waals surface area contributed by atoms with E-state index in [-0.39, 0.29) is 22.3 Å². The van der Waals surface area contributed by atoms with Crippen LogP contribution in [-0.2, 0) is 19.1 Å². The molecule has 11 heteroatoms. The van der Waals surface area contributed by atoms with Gasteiger partial charge in [-0.1, -0.05) is 17.7 Å². The third-order valence-corrected chi connectivity index (χ3v) is 5.67. The zero-order valence-corrected chi connectivity index (χ0v) is 19.0. The van der Waals surface area contributed by atoms with E-state index in [1.54, 1.807) is 6.07 Å². The zero-order chi connectivity index (χ0) is 24.1. The lowest BCUT2D eigenvalue weighted by molar-refractivity contribution is -0.148. The maximum Gasteiger partial charge on any atom is 0.328 e. The Labute approximate surface area is 197 Å². The first-order valence-electron chi connectivity index (χ1n) is 9.52. The SMILES string of the molecule is COC(=O)C(C)N1C(=O)SC(=Cc2ccc(OCC(=O)Nc3ccc(F)cc3)c(Cl)c2)C1=O. The van der Waals surface area contributed by atoms with Gasteiger partial charge in [0.15, 0.2) is 6.61 Å². The number of imide groups is 1. The normalized spacial score (nSPS) is 15.5. The fraction of sp³-hybridized carbons (Fsp3) is 0.182. The van der Waals surface area contributed by atoms with Crippen LogP contribution < -0.4 is 10.1 Å². The van der Waals surface area contributed by atoms with Gasteiger partial charge in [0.2, 0.25) is 0 Å². The average Bonchev–Trinajstić information content (AvgIpc) is 3.06. The Morgan fingerprint density at radius 3 is 2.55 bits per heavy atom. The first-order chi connectivity index (χ1) is 15.7. The summed E-state index contributed by atoms with van der Waals surface area (Å²) in [5, 5.41) is 2.16. The lowest BCUT2D eigenvalue weighted by atomic mass is 10.2. The number of benzene rings is 2. The second-order valence-electron chi connectivity index (χ2n) is 6.78. The molecular formula is C22H18ClFN2O6S. The highest BCUT2D eigenvalue weighted by Crippen LogP contribution is 2.35. The third-order valence-electron chi connectivity index (χ3n) is 4.49. The molecular weight excluding hydrogens is 475 g/mol. The van der Waals surface area contributed by atoms with E-state index < -0.39 is 34.9 Å². The highest BCUT2D eigenvalue weighted by Gasteiger charge is 2.41. The quantitative estimate of drug-likeness (QED) is 0.458. The van der Waals surface area contributed by atoms with Crippen LogP contribution in [0, 0.1) is 5.82 Å². The number of nitrogens with one attached hydrogen (secondary N) is 1. The minimum absolute atomic E-state index is 0.124. The van der Waals surface area contributed by atoms with Crippen molar-refractivity contribution in [1.82, 2.24) is 4.90 Å². The number of ether oxygens (including phenoxy) is 2. The highest BCUT2D eigenvalue weighted by atomic mass is 35.5. The Morgan fingerprint density at radius 1 is 1.21 bits per heavy atom. The Morgan fingerprint density at radius 2 is 1.91 bits per heavy atom. The van der Waals surface area contributed by atoms with E-state index in [2.05, 4.69) is 10.1 Å². The number of anilines is 1. The number of carbonyl (C=O) groups is 4. The van der Waals surface area contributed by atoms with Crippen LogP contribution in [0.3, 0.4) is 0 Å². The molecule has 1 atom stereocenters. The number of hydrogen-bond acceptors (Lipinski definition) is 7. The van der Waals surface area contributed by atoms with Gasteiger partial charge in [-0.25, -0.2) is 9.18 Å². The van der Waals surface area contributed by atoms with Crippen LogP contribution in [0.1, 0.15) is 12.5 Å². The molecule has 1 aliphatic rings. The molecule has 1 aliphatic heterocycles. The maximum absolute atomic E-state index is 12.9. The third kappa shape index (κ3) is 5.91. The number of amides is 3. The van der Waals surface area contributed by atoms with Crippen molar-refractivity contribution < 1.29 is 33.0 Å². The maximum atomic E-state index is 12.9. The number of esters is 1. The molecule has 3 amide bonds. The van der Waals surface area contributed by atoms with Gasteiger partial charge in [0.25, 0.3) is 17.1 Å². The lowest BCUT2D eigenvalue weighted by Crippen LogP contribution is -2.42. The molecule has 8 nitrogen and oxygen atoms in total. The highest BCUT2D eigenvalue weighted by molar-refractivity contribution is 8.18. The summed E-state index contributed by atoms with van der Waals surface area (Å²) in [6.45, 7) is 1.07. The van der Waals surface area contributed by atoms with E-state index in [1.807, 2.05) is 0 Å². The molecule has 2 aromatic carbocycles. The fourth-order valence-electron chi connectivity index (χ4n) is 2.84. The predicted molar refractivity (Wildman–Crippen MR) is 121 cm³/mol. The number of methoxy groups -OCH3 is 1. The molecule has 1 saturated heterocycles. The Hall–Kier alpha value is -3.37. The number of thioether (sulfide) groups is 1. The summed E-state index contributed by atoms with van der Waals surface area (Å²) in [5.74, 6) is -1.96. The molecule has 1 N–H and O–H groups in total. The molecule has 1 unspecified atom stereocenters. The van der Waals surface area contributed by atoms with Crippen LogP contribution in [-0.4, -0.2) is 47.7 Å². The number of rotatable bonds is 7. The van der Waals surface area contributed by atoms with Gasteiger partial charge in [-0.2, -0.15) is 0 Å². The largest absolute Gasteiger partial charge is 0.482 e. The number of halogens is 2. The van der Waals surface area contributed by atoms with Gasteiger partial charge >= 0.3 is 5.97 Å². The van der Waals surface area contributed by atoms with Gasteiger partial charge in [-0.3, -0.25) is 19.3 Å². The van der Waals surface area contributed by atoms with Crippen LogP contribution >= 0.6 is 23.4 Å². The molecule has 0 radical (unpaired) electrons. The van der Waals surface area contributed by atoms with Gasteiger partial charge in [0, 0.05) is 5.69 Å². The van der Waals surface area contributed by atoms with Crippen molar-refractivity contribution in [1.29, 1.82) is 0 Å². The van der Waals surface area contributed by atoms with Gasteiger partial charge in [-0.15, -0.1) is 0 Å². The molecule has 0 aromatic heterocycles. The summed E-state index contributed by atoms with van der Waals surface area (Å²) in [7, 11) is 1.17. The zero-order valence-electron chi connectivity index (χ0n) is 17.5. The minimum Gasteiger partial charge on any atom is -0.482 e. The lowest BCUT2D eigenvalue weighted by Gasteiger charge is -2.18. The standard InChI is InChI=1S/C22H18ClFN2O6S/c1-12(21(29)31-2)26-20(28)18(33-22(26)30)10-13-3-8-17(16(23)9-13)32-11-19(27)25-15-6-4-14(24)5-7-15/h3-10,12H,11H2,1-2H3,(H,25,27). The second kappa shape index (κ2) is 10.5. The van der Waals surface area contributed by atoms with Gasteiger partial charge < -0.3 is 14.8 Å². The van der Waals surface area contributed by atoms with Gasteiger partial charge in [0.05, 0.1) is 17.0 Å². The molecule has 0 aliphatic carbocycles. The van der Waals surface area contributed by atoms with Crippen molar-refractivity contribution in [3.05, 3.63) is 63.8 Å². The first kappa shape index (κ1) is 24.3. The van der Waals surface area contributed by atoms with Crippen molar-refractivity contribution in [3.8, 4) is 5.75 Å². The van der Waals surface area contributed by atoms with Crippen molar-refractivity contribution in [2.45, 2.75) is 13.0 Å². The summed E-state index contributed by atoms with van der Waals surface area (Å²) in [6.07, 6.45) is 1.46. The molecule has 0 saturated carbocycles. The molecule has 1 fully saturated rings. The van der Waals surface area contributed by atoms with Crippen molar-refractivity contribution in [2.75, 3.05) is 19.0 Å². The Balaban J connectivity index is 1.64. The Kier molecular flexibility index (Phi) is 7.72. The second-order valence-corrected chi connectivity index (χ2v) is 8.18. The molecule has 0 spiro atoms. The number of carbonyl (C=O) groups excluding carboxylic acids is 4. The van der Waals surface area contributed by atoms with E-state index in [9.17, 15) is 23.6 Å². The number of nitrogens with zero attached hydrogens (tertiary/aromatic N) is 1. The van der Waals surface area contributed by atoms with E-state index >= 15 is 0 Å². The molecule has 3 rings (SSSR count). The Bertz CT molecular complexity index is 1140. The molecule has 33 heavy (non-hydrogen) atoms. The summed E-state index contributed by atoms with van der Waals surface area (Å²) >= 11 is 6.92. The van der Waals surface area contributed by atoms with E-state index in [4.69, 9.17) is 16.3 Å². The molecule has 172 valence electrons. The van der Waals surface area contributed by atoms with Crippen molar-refractivity contribution in [3.63, 3.8) is 0 Å². The summed E-state index contributed by atoms with van der Waals surface area (Å²) in [5.41, 5.74) is 0.932. The van der Waals surface area contributed by atoms with Crippen LogP contribution in [0.2, 0.25) is 5.02 Å². The van der Waals surface area contributed by atoms with E-state index in [1.165, 1.54) is 56.5 Å². The number of hydrogen-bond donors (Lipinski definition) is 1. The summed E-state index contributed by atoms with van der Waals surface area (Å²) in [4.78, 5) is 49.4. The molecule has 1 heterocycles. The monoisotopic (exact) mass is 492 g/mol. The van der Waals surface area contributed by atoms with Crippen LogP contribution in [0.25, 0.3) is 6.08 Å². The van der Waals surface area contributed by atoms with E-state index in [0.29, 0.717) is 23.0 Å². The minimum atomic E-state index is -1.05. The first-order valence-corrected chi connectivity index (χ1v) is 10.7. The van der Waals surface area contributed by atoms with E-state index in [0.717, 1.165) is 4.90 Å². The fourth-order valence-corrected chi connectivity index (χ4v) is 3.99. The van der Waals surface area contributed by atoms with Crippen LogP contribution in [0.4, 0.5) is 14.9 Å². The van der Waals surface area contributed by atoms with Crippen LogP contribution in [0.5, 0.6) is 5.75 Å². The van der Waals surface area contributed by atoms with Gasteiger partial charge in [-0.05, 0) is 66.7 Å². The van der Waals surface area contributed by atoms with Gasteiger partial charge in [0.1, 0.15) is 17.6 Å². The average molecular weight is 493 g/mol.